The molecule has 5 nitrogen and oxygen atoms in total. The molecule has 1 heterocycles. The van der Waals surface area contributed by atoms with Gasteiger partial charge in [-0.25, -0.2) is 4.79 Å². The molecule has 1 aromatic carbocycles. The minimum absolute atomic E-state index is 0.0321. The Kier molecular flexibility index (Phi) is 6.74. The fourth-order valence-electron chi connectivity index (χ4n) is 2.60. The Morgan fingerprint density at radius 2 is 1.91 bits per heavy atom. The highest BCUT2D eigenvalue weighted by Gasteiger charge is 2.24. The number of nitrogens with zero attached hydrogens (tertiary/aromatic N) is 1. The molecule has 0 bridgehead atoms. The van der Waals surface area contributed by atoms with Gasteiger partial charge >= 0.3 is 6.09 Å². The van der Waals surface area contributed by atoms with Crippen LogP contribution in [0.5, 0.6) is 0 Å². The van der Waals surface area contributed by atoms with Crippen LogP contribution in [0.4, 0.5) is 4.79 Å². The number of likely N-dealkylation sites (tertiary alicyclic amines) is 1. The summed E-state index contributed by atoms with van der Waals surface area (Å²) in [4.78, 5) is 25.0. The van der Waals surface area contributed by atoms with E-state index in [9.17, 15) is 9.59 Å². The molecule has 0 spiro atoms. The first kappa shape index (κ1) is 16.8. The summed E-state index contributed by atoms with van der Waals surface area (Å²) >= 11 is 0.800. The van der Waals surface area contributed by atoms with E-state index in [1.807, 2.05) is 30.3 Å². The molecule has 1 saturated heterocycles. The van der Waals surface area contributed by atoms with Gasteiger partial charge in [0.05, 0.1) is 0 Å². The van der Waals surface area contributed by atoms with Crippen LogP contribution < -0.4 is 5.14 Å². The molecule has 0 saturated carbocycles. The Morgan fingerprint density at radius 3 is 2.55 bits per heavy atom. The molecule has 120 valence electrons. The van der Waals surface area contributed by atoms with E-state index in [4.69, 9.17) is 9.88 Å². The van der Waals surface area contributed by atoms with Crippen molar-refractivity contribution >= 4 is 23.2 Å². The third kappa shape index (κ3) is 5.35. The van der Waals surface area contributed by atoms with Gasteiger partial charge in [0.25, 0.3) is 0 Å². The fourth-order valence-corrected chi connectivity index (χ4v) is 2.83. The lowest BCUT2D eigenvalue weighted by Crippen LogP contribution is -2.38. The minimum atomic E-state index is -0.254. The SMILES string of the molecule is NSC(=O)CCC1CCN(C(=O)OCc2ccccc2)CC1. The summed E-state index contributed by atoms with van der Waals surface area (Å²) in [5.74, 6) is 0.495. The lowest BCUT2D eigenvalue weighted by atomic mass is 9.92. The van der Waals surface area contributed by atoms with Crippen molar-refractivity contribution in [2.45, 2.75) is 32.3 Å². The van der Waals surface area contributed by atoms with Gasteiger partial charge in [-0.15, -0.1) is 0 Å². The number of carbonyl (C=O) groups excluding carboxylic acids is 2. The Balaban J connectivity index is 1.67. The summed E-state index contributed by atoms with van der Waals surface area (Å²) in [7, 11) is 0. The molecule has 2 rings (SSSR count). The lowest BCUT2D eigenvalue weighted by Gasteiger charge is -2.31. The minimum Gasteiger partial charge on any atom is -0.445 e. The molecule has 1 aromatic rings. The first-order valence-corrected chi connectivity index (χ1v) is 8.42. The van der Waals surface area contributed by atoms with Crippen LogP contribution in [0.1, 0.15) is 31.2 Å². The molecule has 1 fully saturated rings. The summed E-state index contributed by atoms with van der Waals surface area (Å²) in [6, 6.07) is 9.66. The van der Waals surface area contributed by atoms with Crippen molar-refractivity contribution in [1.82, 2.24) is 4.90 Å². The molecule has 1 aliphatic heterocycles. The average molecular weight is 322 g/mol. The van der Waals surface area contributed by atoms with Crippen LogP contribution in [0.15, 0.2) is 30.3 Å². The second-order valence-electron chi connectivity index (χ2n) is 5.50. The van der Waals surface area contributed by atoms with E-state index in [2.05, 4.69) is 0 Å². The average Bonchev–Trinajstić information content (AvgIpc) is 2.59. The van der Waals surface area contributed by atoms with Crippen LogP contribution in [-0.4, -0.2) is 29.2 Å². The van der Waals surface area contributed by atoms with Crippen molar-refractivity contribution in [2.75, 3.05) is 13.1 Å². The van der Waals surface area contributed by atoms with Gasteiger partial charge < -0.3 is 9.64 Å². The highest BCUT2D eigenvalue weighted by atomic mass is 32.2. The summed E-state index contributed by atoms with van der Waals surface area (Å²) < 4.78 is 5.33. The third-order valence-corrected chi connectivity index (χ3v) is 4.43. The zero-order valence-corrected chi connectivity index (χ0v) is 13.4. The number of ether oxygens (including phenoxy) is 1. The topological polar surface area (TPSA) is 72.6 Å². The van der Waals surface area contributed by atoms with E-state index in [1.54, 1.807) is 4.90 Å². The normalized spacial score (nSPS) is 15.6. The molecule has 1 amide bonds. The first-order chi connectivity index (χ1) is 10.7. The number of carbonyl (C=O) groups is 2. The van der Waals surface area contributed by atoms with Crippen LogP contribution >= 0.6 is 11.9 Å². The van der Waals surface area contributed by atoms with E-state index < -0.39 is 0 Å². The molecule has 22 heavy (non-hydrogen) atoms. The number of hydrogen-bond donors (Lipinski definition) is 1. The molecule has 1 aliphatic rings. The smallest absolute Gasteiger partial charge is 0.410 e. The van der Waals surface area contributed by atoms with E-state index in [0.29, 0.717) is 32.0 Å². The standard InChI is InChI=1S/C16H22N2O3S/c17-22-15(19)7-6-13-8-10-18(11-9-13)16(20)21-12-14-4-2-1-3-5-14/h1-5,13H,6-12,17H2. The number of piperidine rings is 1. The van der Waals surface area contributed by atoms with E-state index in [0.717, 1.165) is 36.8 Å². The largest absolute Gasteiger partial charge is 0.445 e. The maximum atomic E-state index is 12.0. The molecule has 2 N–H and O–H groups in total. The Hall–Kier alpha value is -1.53. The van der Waals surface area contributed by atoms with Gasteiger partial charge in [-0.3, -0.25) is 9.93 Å². The predicted molar refractivity (Wildman–Crippen MR) is 86.9 cm³/mol. The van der Waals surface area contributed by atoms with Crippen LogP contribution in [0, 0.1) is 5.92 Å². The number of hydrogen-bond acceptors (Lipinski definition) is 5. The van der Waals surface area contributed by atoms with Crippen molar-refractivity contribution in [3.8, 4) is 0 Å². The predicted octanol–water partition coefficient (Wildman–Crippen LogP) is 2.95. The van der Waals surface area contributed by atoms with Gasteiger partial charge in [-0.05, 0) is 42.7 Å². The maximum Gasteiger partial charge on any atom is 0.410 e. The second kappa shape index (κ2) is 8.80. The molecule has 0 radical (unpaired) electrons. The van der Waals surface area contributed by atoms with Crippen molar-refractivity contribution in [1.29, 1.82) is 0 Å². The summed E-state index contributed by atoms with van der Waals surface area (Å²) in [6.45, 7) is 1.70. The second-order valence-corrected chi connectivity index (χ2v) is 6.19. The zero-order chi connectivity index (χ0) is 15.8. The number of amides is 1. The molecule has 0 aliphatic carbocycles. The van der Waals surface area contributed by atoms with Crippen LogP contribution in [-0.2, 0) is 16.1 Å². The highest BCUT2D eigenvalue weighted by Crippen LogP contribution is 2.23. The fraction of sp³-hybridized carbons (Fsp3) is 0.500. The van der Waals surface area contributed by atoms with Gasteiger partial charge in [-0.2, -0.15) is 0 Å². The molecule has 0 atom stereocenters. The highest BCUT2D eigenvalue weighted by molar-refractivity contribution is 8.11. The van der Waals surface area contributed by atoms with Gasteiger partial charge in [0, 0.05) is 19.5 Å². The van der Waals surface area contributed by atoms with E-state index in [1.165, 1.54) is 0 Å². The van der Waals surface area contributed by atoms with Crippen molar-refractivity contribution in [3.05, 3.63) is 35.9 Å². The molecule has 0 aromatic heterocycles. The summed E-state index contributed by atoms with van der Waals surface area (Å²) in [5.41, 5.74) is 0.989. The van der Waals surface area contributed by atoms with Crippen LogP contribution in [0.25, 0.3) is 0 Å². The number of benzene rings is 1. The zero-order valence-electron chi connectivity index (χ0n) is 12.6. The van der Waals surface area contributed by atoms with Crippen LogP contribution in [0.2, 0.25) is 0 Å². The van der Waals surface area contributed by atoms with Gasteiger partial charge in [0.15, 0.2) is 0 Å². The monoisotopic (exact) mass is 322 g/mol. The molecule has 6 heteroatoms. The molecule has 0 unspecified atom stereocenters. The number of nitrogens with two attached hydrogens (primary N) is 1. The van der Waals surface area contributed by atoms with Crippen molar-refractivity contribution in [2.24, 2.45) is 11.1 Å². The van der Waals surface area contributed by atoms with E-state index >= 15 is 0 Å². The number of rotatable bonds is 5. The lowest BCUT2D eigenvalue weighted by molar-refractivity contribution is -0.111. The summed E-state index contributed by atoms with van der Waals surface area (Å²) in [5, 5.41) is 5.26. The quantitative estimate of drug-likeness (QED) is 0.844. The summed E-state index contributed by atoms with van der Waals surface area (Å²) in [6.07, 6.45) is 2.96. The first-order valence-electron chi connectivity index (χ1n) is 7.54. The van der Waals surface area contributed by atoms with Crippen molar-refractivity contribution < 1.29 is 14.3 Å². The van der Waals surface area contributed by atoms with Gasteiger partial charge in [-0.1, -0.05) is 30.3 Å². The third-order valence-electron chi connectivity index (χ3n) is 3.97. The Bertz CT molecular complexity index is 487. The van der Waals surface area contributed by atoms with Gasteiger partial charge in [0.1, 0.15) is 6.61 Å². The van der Waals surface area contributed by atoms with Crippen LogP contribution in [0.3, 0.4) is 0 Å². The Morgan fingerprint density at radius 1 is 1.23 bits per heavy atom. The molecular formula is C16H22N2O3S. The Labute approximate surface area is 135 Å². The van der Waals surface area contributed by atoms with E-state index in [-0.39, 0.29) is 11.2 Å². The molecular weight excluding hydrogens is 300 g/mol. The van der Waals surface area contributed by atoms with Crippen molar-refractivity contribution in [3.63, 3.8) is 0 Å². The maximum absolute atomic E-state index is 12.0. The van der Waals surface area contributed by atoms with Gasteiger partial charge in [0.2, 0.25) is 5.12 Å².